The third-order valence-electron chi connectivity index (χ3n) is 4.28. The number of alkyl halides is 2. The standard InChI is InChI=1S/C20H18F3N3O2/c1-12(25-19(27)16-5-3-4-6-18(16)28-20(22)23)17-11-24-26(13(17)2)15-9-7-14(21)8-10-15/h3-12,20H,1-2H3,(H,25,27). The summed E-state index contributed by atoms with van der Waals surface area (Å²) in [4.78, 5) is 12.6. The summed E-state index contributed by atoms with van der Waals surface area (Å²) in [6.07, 6.45) is 1.60. The molecular formula is C20H18F3N3O2. The zero-order chi connectivity index (χ0) is 20.3. The van der Waals surface area contributed by atoms with Crippen molar-refractivity contribution in [2.75, 3.05) is 0 Å². The minimum absolute atomic E-state index is 0.0122. The van der Waals surface area contributed by atoms with Crippen molar-refractivity contribution in [3.63, 3.8) is 0 Å². The number of aromatic nitrogens is 2. The van der Waals surface area contributed by atoms with Gasteiger partial charge in [0.05, 0.1) is 23.5 Å². The molecule has 0 aliphatic carbocycles. The van der Waals surface area contributed by atoms with Crippen LogP contribution in [-0.4, -0.2) is 22.3 Å². The van der Waals surface area contributed by atoms with Crippen molar-refractivity contribution in [1.29, 1.82) is 0 Å². The van der Waals surface area contributed by atoms with Gasteiger partial charge in [0.1, 0.15) is 11.6 Å². The Balaban J connectivity index is 1.80. The lowest BCUT2D eigenvalue weighted by Crippen LogP contribution is -2.27. The molecule has 0 aliphatic rings. The van der Waals surface area contributed by atoms with Gasteiger partial charge in [-0.2, -0.15) is 13.9 Å². The summed E-state index contributed by atoms with van der Waals surface area (Å²) in [5.41, 5.74) is 2.19. The van der Waals surface area contributed by atoms with Crippen LogP contribution in [0.3, 0.4) is 0 Å². The first kappa shape index (κ1) is 19.5. The molecule has 146 valence electrons. The molecule has 5 nitrogen and oxygen atoms in total. The maximum absolute atomic E-state index is 13.1. The van der Waals surface area contributed by atoms with Crippen LogP contribution in [0.1, 0.15) is 34.6 Å². The van der Waals surface area contributed by atoms with E-state index in [-0.39, 0.29) is 17.1 Å². The largest absolute Gasteiger partial charge is 0.434 e. The van der Waals surface area contributed by atoms with Crippen LogP contribution in [-0.2, 0) is 0 Å². The van der Waals surface area contributed by atoms with Crippen molar-refractivity contribution in [3.8, 4) is 11.4 Å². The molecule has 0 spiro atoms. The third kappa shape index (κ3) is 4.16. The van der Waals surface area contributed by atoms with Gasteiger partial charge in [-0.05, 0) is 50.2 Å². The Morgan fingerprint density at radius 2 is 1.82 bits per heavy atom. The van der Waals surface area contributed by atoms with Gasteiger partial charge in [0, 0.05) is 11.3 Å². The van der Waals surface area contributed by atoms with Gasteiger partial charge in [-0.3, -0.25) is 4.79 Å². The summed E-state index contributed by atoms with van der Waals surface area (Å²) in [7, 11) is 0. The molecule has 0 saturated heterocycles. The number of carbonyl (C=O) groups excluding carboxylic acids is 1. The Hall–Kier alpha value is -3.29. The first-order chi connectivity index (χ1) is 13.4. The highest BCUT2D eigenvalue weighted by atomic mass is 19.3. The van der Waals surface area contributed by atoms with Crippen LogP contribution < -0.4 is 10.1 Å². The minimum Gasteiger partial charge on any atom is -0.434 e. The first-order valence-corrected chi connectivity index (χ1v) is 8.52. The van der Waals surface area contributed by atoms with Gasteiger partial charge in [0.25, 0.3) is 5.91 Å². The second kappa shape index (κ2) is 8.16. The van der Waals surface area contributed by atoms with Crippen molar-refractivity contribution < 1.29 is 22.7 Å². The van der Waals surface area contributed by atoms with Gasteiger partial charge >= 0.3 is 6.61 Å². The predicted molar refractivity (Wildman–Crippen MR) is 97.2 cm³/mol. The molecule has 0 aliphatic heterocycles. The lowest BCUT2D eigenvalue weighted by Gasteiger charge is -2.16. The molecule has 28 heavy (non-hydrogen) atoms. The number of amides is 1. The number of rotatable bonds is 6. The average molecular weight is 389 g/mol. The lowest BCUT2D eigenvalue weighted by atomic mass is 10.1. The molecule has 8 heteroatoms. The summed E-state index contributed by atoms with van der Waals surface area (Å²) in [6, 6.07) is 11.2. The van der Waals surface area contributed by atoms with Crippen LogP contribution in [0.5, 0.6) is 5.75 Å². The lowest BCUT2D eigenvalue weighted by molar-refractivity contribution is -0.0501. The quantitative estimate of drug-likeness (QED) is 0.679. The van der Waals surface area contributed by atoms with E-state index in [1.54, 1.807) is 36.0 Å². The number of halogens is 3. The van der Waals surface area contributed by atoms with Crippen LogP contribution in [0.2, 0.25) is 0 Å². The summed E-state index contributed by atoms with van der Waals surface area (Å²) in [6.45, 7) is 0.554. The van der Waals surface area contributed by atoms with E-state index >= 15 is 0 Å². The molecule has 0 fully saturated rings. The molecule has 1 atom stereocenters. The first-order valence-electron chi connectivity index (χ1n) is 8.52. The number of ether oxygens (including phenoxy) is 1. The Morgan fingerprint density at radius 3 is 2.50 bits per heavy atom. The Morgan fingerprint density at radius 1 is 1.14 bits per heavy atom. The van der Waals surface area contributed by atoms with Crippen LogP contribution in [0.4, 0.5) is 13.2 Å². The second-order valence-corrected chi connectivity index (χ2v) is 6.14. The number of nitrogens with zero attached hydrogens (tertiary/aromatic N) is 2. The molecule has 1 heterocycles. The normalized spacial score (nSPS) is 12.1. The van der Waals surface area contributed by atoms with E-state index in [1.165, 1.54) is 30.3 Å². The number of hydrogen-bond acceptors (Lipinski definition) is 3. The maximum atomic E-state index is 13.1. The molecular weight excluding hydrogens is 371 g/mol. The topological polar surface area (TPSA) is 56.1 Å². The highest BCUT2D eigenvalue weighted by molar-refractivity contribution is 5.97. The zero-order valence-corrected chi connectivity index (χ0v) is 15.2. The van der Waals surface area contributed by atoms with E-state index in [1.807, 2.05) is 6.92 Å². The van der Waals surface area contributed by atoms with Gasteiger partial charge in [-0.1, -0.05) is 12.1 Å². The van der Waals surface area contributed by atoms with Crippen molar-refractivity contribution in [2.45, 2.75) is 26.5 Å². The number of nitrogens with one attached hydrogen (secondary N) is 1. The maximum Gasteiger partial charge on any atom is 0.387 e. The van der Waals surface area contributed by atoms with Crippen LogP contribution in [0.15, 0.2) is 54.7 Å². The molecule has 2 aromatic carbocycles. The van der Waals surface area contributed by atoms with Crippen molar-refractivity contribution in [1.82, 2.24) is 15.1 Å². The predicted octanol–water partition coefficient (Wildman–Crippen LogP) is 4.41. The molecule has 0 saturated carbocycles. The van der Waals surface area contributed by atoms with Gasteiger partial charge in [-0.15, -0.1) is 0 Å². The van der Waals surface area contributed by atoms with Gasteiger partial charge in [0.15, 0.2) is 0 Å². The number of benzene rings is 2. The van der Waals surface area contributed by atoms with Crippen molar-refractivity contribution in [3.05, 3.63) is 77.4 Å². The molecule has 1 unspecified atom stereocenters. The van der Waals surface area contributed by atoms with Gasteiger partial charge in [0.2, 0.25) is 0 Å². The molecule has 1 aromatic heterocycles. The van der Waals surface area contributed by atoms with E-state index in [2.05, 4.69) is 15.2 Å². The Labute approximate surface area is 159 Å². The Kier molecular flexibility index (Phi) is 5.67. The fourth-order valence-electron chi connectivity index (χ4n) is 2.90. The average Bonchev–Trinajstić information content (AvgIpc) is 3.04. The molecule has 1 N–H and O–H groups in total. The smallest absolute Gasteiger partial charge is 0.387 e. The molecule has 3 aromatic rings. The third-order valence-corrected chi connectivity index (χ3v) is 4.28. The van der Waals surface area contributed by atoms with Crippen molar-refractivity contribution >= 4 is 5.91 Å². The van der Waals surface area contributed by atoms with Gasteiger partial charge < -0.3 is 10.1 Å². The molecule has 0 radical (unpaired) electrons. The summed E-state index contributed by atoms with van der Waals surface area (Å²) in [5.74, 6) is -1.09. The highest BCUT2D eigenvalue weighted by Gasteiger charge is 2.20. The Bertz CT molecular complexity index is 971. The fraction of sp³-hybridized carbons (Fsp3) is 0.200. The summed E-state index contributed by atoms with van der Waals surface area (Å²) in [5, 5.41) is 7.06. The van der Waals surface area contributed by atoms with E-state index in [0.717, 1.165) is 11.3 Å². The zero-order valence-electron chi connectivity index (χ0n) is 15.2. The molecule has 0 bridgehead atoms. The number of hydrogen-bond donors (Lipinski definition) is 1. The number of para-hydroxylation sites is 1. The van der Waals surface area contributed by atoms with E-state index in [0.29, 0.717) is 5.69 Å². The van der Waals surface area contributed by atoms with E-state index in [4.69, 9.17) is 0 Å². The number of carbonyl (C=O) groups is 1. The van der Waals surface area contributed by atoms with E-state index < -0.39 is 18.6 Å². The monoisotopic (exact) mass is 389 g/mol. The molecule has 1 amide bonds. The van der Waals surface area contributed by atoms with Crippen LogP contribution in [0.25, 0.3) is 5.69 Å². The highest BCUT2D eigenvalue weighted by Crippen LogP contribution is 2.23. The van der Waals surface area contributed by atoms with Crippen LogP contribution >= 0.6 is 0 Å². The SMILES string of the molecule is Cc1c(C(C)NC(=O)c2ccccc2OC(F)F)cnn1-c1ccc(F)cc1. The summed E-state index contributed by atoms with van der Waals surface area (Å²) < 4.78 is 44.2. The minimum atomic E-state index is -3.03. The van der Waals surface area contributed by atoms with E-state index in [9.17, 15) is 18.0 Å². The molecule has 3 rings (SSSR count). The van der Waals surface area contributed by atoms with Crippen molar-refractivity contribution in [2.24, 2.45) is 0 Å². The second-order valence-electron chi connectivity index (χ2n) is 6.14. The fourth-order valence-corrected chi connectivity index (χ4v) is 2.90. The van der Waals surface area contributed by atoms with Crippen LogP contribution in [0, 0.1) is 12.7 Å². The summed E-state index contributed by atoms with van der Waals surface area (Å²) >= 11 is 0. The van der Waals surface area contributed by atoms with Gasteiger partial charge in [-0.25, -0.2) is 9.07 Å².